The minimum Gasteiger partial charge on any atom is -0.486 e. The van der Waals surface area contributed by atoms with Gasteiger partial charge in [-0.05, 0) is 26.3 Å². The Morgan fingerprint density at radius 2 is 2.05 bits per heavy atom. The number of para-hydroxylation sites is 1. The first-order valence-electron chi connectivity index (χ1n) is 6.44. The quantitative estimate of drug-likeness (QED) is 0.904. The zero-order valence-electron chi connectivity index (χ0n) is 11.5. The zero-order valence-corrected chi connectivity index (χ0v) is 12.3. The normalized spacial score (nSPS) is 12.4. The summed E-state index contributed by atoms with van der Waals surface area (Å²) >= 11 is 1.66. The van der Waals surface area contributed by atoms with Crippen molar-refractivity contribution in [2.24, 2.45) is 0 Å². The molecule has 0 aliphatic rings. The Balaban J connectivity index is 2.11. The van der Waals surface area contributed by atoms with Crippen LogP contribution in [-0.2, 0) is 6.61 Å². The maximum absolute atomic E-state index is 9.96. The lowest BCUT2D eigenvalue weighted by atomic mass is 10.1. The van der Waals surface area contributed by atoms with Gasteiger partial charge in [0.1, 0.15) is 17.4 Å². The van der Waals surface area contributed by atoms with Gasteiger partial charge in [-0.2, -0.15) is 0 Å². The molecule has 1 aromatic carbocycles. The van der Waals surface area contributed by atoms with E-state index >= 15 is 0 Å². The van der Waals surface area contributed by atoms with Gasteiger partial charge in [0, 0.05) is 10.4 Å². The van der Waals surface area contributed by atoms with Crippen molar-refractivity contribution < 1.29 is 9.84 Å². The van der Waals surface area contributed by atoms with Gasteiger partial charge in [-0.25, -0.2) is 4.98 Å². The molecule has 0 amide bonds. The Morgan fingerprint density at radius 3 is 2.68 bits per heavy atom. The number of aliphatic hydroxyl groups is 1. The molecule has 102 valence electrons. The molecule has 0 fully saturated rings. The molecule has 0 saturated carbocycles. The average molecular weight is 277 g/mol. The second kappa shape index (κ2) is 6.17. The predicted octanol–water partition coefficient (Wildman–Crippen LogP) is 3.78. The molecular weight excluding hydrogens is 258 g/mol. The monoisotopic (exact) mass is 277 g/mol. The van der Waals surface area contributed by atoms with E-state index in [1.165, 1.54) is 4.88 Å². The Morgan fingerprint density at radius 1 is 1.32 bits per heavy atom. The fourth-order valence-electron chi connectivity index (χ4n) is 1.85. The molecular formula is C15H19NO2S. The summed E-state index contributed by atoms with van der Waals surface area (Å²) < 4.78 is 5.80. The van der Waals surface area contributed by atoms with Crippen molar-refractivity contribution in [1.29, 1.82) is 0 Å². The lowest BCUT2D eigenvalue weighted by molar-refractivity contribution is 0.166. The van der Waals surface area contributed by atoms with Crippen molar-refractivity contribution >= 4 is 11.3 Å². The molecule has 1 atom stereocenters. The number of thiazole rings is 1. The number of hydrogen-bond acceptors (Lipinski definition) is 4. The van der Waals surface area contributed by atoms with Crippen molar-refractivity contribution in [1.82, 2.24) is 4.98 Å². The highest BCUT2D eigenvalue weighted by atomic mass is 32.1. The Kier molecular flexibility index (Phi) is 4.56. The van der Waals surface area contributed by atoms with E-state index in [9.17, 15) is 5.11 Å². The zero-order chi connectivity index (χ0) is 13.8. The highest BCUT2D eigenvalue weighted by Gasteiger charge is 2.12. The van der Waals surface area contributed by atoms with Crippen molar-refractivity contribution in [3.8, 4) is 5.75 Å². The van der Waals surface area contributed by atoms with Crippen LogP contribution < -0.4 is 4.74 Å². The number of rotatable bonds is 5. The third kappa shape index (κ3) is 3.33. The molecule has 2 aromatic rings. The number of hydrogen-bond donors (Lipinski definition) is 1. The first kappa shape index (κ1) is 14.0. The van der Waals surface area contributed by atoms with Gasteiger partial charge in [0.05, 0.1) is 11.8 Å². The van der Waals surface area contributed by atoms with Crippen LogP contribution in [0.15, 0.2) is 24.3 Å². The van der Waals surface area contributed by atoms with Crippen LogP contribution in [0.25, 0.3) is 0 Å². The number of aromatic nitrogens is 1. The first-order chi connectivity index (χ1) is 9.11. The fraction of sp³-hybridized carbons (Fsp3) is 0.400. The molecule has 19 heavy (non-hydrogen) atoms. The Labute approximate surface area is 117 Å². The van der Waals surface area contributed by atoms with E-state index < -0.39 is 6.10 Å². The molecule has 1 aromatic heterocycles. The van der Waals surface area contributed by atoms with Crippen LogP contribution in [0.2, 0.25) is 0 Å². The topological polar surface area (TPSA) is 42.4 Å². The molecule has 1 heterocycles. The lowest BCUT2D eigenvalue weighted by Crippen LogP contribution is -2.02. The summed E-state index contributed by atoms with van der Waals surface area (Å²) in [5.41, 5.74) is 1.90. The van der Waals surface area contributed by atoms with E-state index in [0.29, 0.717) is 13.0 Å². The Hall–Kier alpha value is -1.39. The van der Waals surface area contributed by atoms with Crippen LogP contribution in [0.3, 0.4) is 0 Å². The van der Waals surface area contributed by atoms with Crippen molar-refractivity contribution in [3.05, 3.63) is 45.4 Å². The van der Waals surface area contributed by atoms with Gasteiger partial charge in [-0.15, -0.1) is 11.3 Å². The maximum Gasteiger partial charge on any atom is 0.140 e. The summed E-state index contributed by atoms with van der Waals surface area (Å²) in [6.45, 7) is 6.47. The largest absolute Gasteiger partial charge is 0.486 e. The lowest BCUT2D eigenvalue weighted by Gasteiger charge is -2.14. The van der Waals surface area contributed by atoms with E-state index in [2.05, 4.69) is 11.9 Å². The molecule has 4 heteroatoms. The van der Waals surface area contributed by atoms with Gasteiger partial charge < -0.3 is 9.84 Å². The summed E-state index contributed by atoms with van der Waals surface area (Å²) in [6.07, 6.45) is 0.200. The standard InChI is InChI=1S/C15H19NO2S/c1-4-13(17)12-7-5-6-8-14(12)18-9-15-16-10(2)11(3)19-15/h5-8,13,17H,4,9H2,1-3H3. The molecule has 1 unspecified atom stereocenters. The summed E-state index contributed by atoms with van der Waals surface area (Å²) in [5.74, 6) is 0.738. The third-order valence-corrected chi connectivity index (χ3v) is 4.14. The summed E-state index contributed by atoms with van der Waals surface area (Å²) in [6, 6.07) is 7.63. The summed E-state index contributed by atoms with van der Waals surface area (Å²) in [4.78, 5) is 5.67. The van der Waals surface area contributed by atoms with Crippen LogP contribution in [0.5, 0.6) is 5.75 Å². The van der Waals surface area contributed by atoms with Crippen LogP contribution in [-0.4, -0.2) is 10.1 Å². The van der Waals surface area contributed by atoms with Gasteiger partial charge in [-0.3, -0.25) is 0 Å². The number of aliphatic hydroxyl groups excluding tert-OH is 1. The SMILES string of the molecule is CCC(O)c1ccccc1OCc1nc(C)c(C)s1. The number of ether oxygens (including phenoxy) is 1. The highest BCUT2D eigenvalue weighted by Crippen LogP contribution is 2.28. The second-order valence-corrected chi connectivity index (χ2v) is 5.79. The molecule has 0 radical (unpaired) electrons. The van der Waals surface area contributed by atoms with Crippen LogP contribution in [0.1, 0.15) is 40.6 Å². The Bertz CT molecular complexity index is 531. The first-order valence-corrected chi connectivity index (χ1v) is 7.26. The fourth-order valence-corrected chi connectivity index (χ4v) is 2.69. The second-order valence-electron chi connectivity index (χ2n) is 4.50. The van der Waals surface area contributed by atoms with E-state index in [-0.39, 0.29) is 0 Å². The molecule has 0 bridgehead atoms. The van der Waals surface area contributed by atoms with Crippen molar-refractivity contribution in [3.63, 3.8) is 0 Å². The van der Waals surface area contributed by atoms with Crippen LogP contribution in [0.4, 0.5) is 0 Å². The van der Waals surface area contributed by atoms with E-state index in [1.807, 2.05) is 38.1 Å². The summed E-state index contributed by atoms with van der Waals surface area (Å²) in [7, 11) is 0. The molecule has 2 rings (SSSR count). The molecule has 0 saturated heterocycles. The highest BCUT2D eigenvalue weighted by molar-refractivity contribution is 7.11. The van der Waals surface area contributed by atoms with Gasteiger partial charge in [0.15, 0.2) is 0 Å². The molecule has 0 aliphatic heterocycles. The van der Waals surface area contributed by atoms with Gasteiger partial charge >= 0.3 is 0 Å². The van der Waals surface area contributed by atoms with Crippen molar-refractivity contribution in [2.45, 2.75) is 39.9 Å². The van der Waals surface area contributed by atoms with Gasteiger partial charge in [0.25, 0.3) is 0 Å². The van der Waals surface area contributed by atoms with E-state index in [4.69, 9.17) is 4.74 Å². The minimum absolute atomic E-state index is 0.451. The molecule has 1 N–H and O–H groups in total. The van der Waals surface area contributed by atoms with E-state index in [0.717, 1.165) is 22.0 Å². The molecule has 0 aliphatic carbocycles. The third-order valence-electron chi connectivity index (χ3n) is 3.09. The van der Waals surface area contributed by atoms with Crippen molar-refractivity contribution in [2.75, 3.05) is 0 Å². The molecule has 3 nitrogen and oxygen atoms in total. The molecule has 0 spiro atoms. The predicted molar refractivity (Wildman–Crippen MR) is 77.6 cm³/mol. The number of benzene rings is 1. The van der Waals surface area contributed by atoms with Gasteiger partial charge in [-0.1, -0.05) is 25.1 Å². The van der Waals surface area contributed by atoms with Crippen LogP contribution in [0, 0.1) is 13.8 Å². The smallest absolute Gasteiger partial charge is 0.140 e. The maximum atomic E-state index is 9.96. The number of aryl methyl sites for hydroxylation is 2. The summed E-state index contributed by atoms with van der Waals surface area (Å²) in [5, 5.41) is 10.9. The average Bonchev–Trinajstić information content (AvgIpc) is 2.75. The minimum atomic E-state index is -0.476. The van der Waals surface area contributed by atoms with Crippen LogP contribution >= 0.6 is 11.3 Å². The van der Waals surface area contributed by atoms with E-state index in [1.54, 1.807) is 11.3 Å². The number of nitrogens with zero attached hydrogens (tertiary/aromatic N) is 1. The van der Waals surface area contributed by atoms with Gasteiger partial charge in [0.2, 0.25) is 0 Å².